The molecular weight excluding hydrogens is 596 g/mol. The fourth-order valence-electron chi connectivity index (χ4n) is 3.27. The van der Waals surface area contributed by atoms with Gasteiger partial charge in [0.25, 0.3) is 0 Å². The minimum absolute atomic E-state index is 0. The van der Waals surface area contributed by atoms with Gasteiger partial charge in [-0.15, -0.1) is 0 Å². The van der Waals surface area contributed by atoms with Crippen molar-refractivity contribution in [1.29, 1.82) is 0 Å². The number of rotatable bonds is 6. The van der Waals surface area contributed by atoms with Gasteiger partial charge in [-0.25, -0.2) is 31.1 Å². The molecule has 0 bridgehead atoms. The van der Waals surface area contributed by atoms with E-state index in [9.17, 15) is 21.6 Å². The molecule has 0 unspecified atom stereocenters. The first-order valence-corrected chi connectivity index (χ1v) is 14.9. The van der Waals surface area contributed by atoms with Crippen LogP contribution in [0.25, 0.3) is 0 Å². The maximum absolute atomic E-state index is 11.8. The van der Waals surface area contributed by atoms with Gasteiger partial charge in [-0.3, -0.25) is 0 Å². The highest BCUT2D eigenvalue weighted by molar-refractivity contribution is 9.10. The second-order valence-electron chi connectivity index (χ2n) is 8.94. The van der Waals surface area contributed by atoms with Crippen LogP contribution in [0.1, 0.15) is 42.0 Å². The van der Waals surface area contributed by atoms with Crippen molar-refractivity contribution in [3.8, 4) is 0 Å². The van der Waals surface area contributed by atoms with Crippen LogP contribution in [-0.4, -0.2) is 61.8 Å². The van der Waals surface area contributed by atoms with Gasteiger partial charge < -0.3 is 15.0 Å². The molecule has 0 radical (unpaired) electrons. The van der Waals surface area contributed by atoms with Crippen molar-refractivity contribution in [1.82, 2.24) is 14.8 Å². The molecule has 1 amide bonds. The molecule has 216 valence electrons. The van der Waals surface area contributed by atoms with Crippen molar-refractivity contribution in [3.05, 3.63) is 53.0 Å². The van der Waals surface area contributed by atoms with Crippen molar-refractivity contribution in [2.45, 2.75) is 63.5 Å². The Kier molecular flexibility index (Phi) is 14.0. The van der Waals surface area contributed by atoms with E-state index in [1.54, 1.807) is 36.4 Å². The van der Waals surface area contributed by atoms with E-state index in [1.165, 1.54) is 26.2 Å². The van der Waals surface area contributed by atoms with Crippen molar-refractivity contribution < 1.29 is 26.4 Å². The lowest BCUT2D eigenvalue weighted by Crippen LogP contribution is -2.40. The molecular formula is C25H41BrN4O6S2. The molecule has 3 N–H and O–H groups in total. The van der Waals surface area contributed by atoms with E-state index in [4.69, 9.17) is 4.74 Å². The summed E-state index contributed by atoms with van der Waals surface area (Å²) in [4.78, 5) is 14.4. The summed E-state index contributed by atoms with van der Waals surface area (Å²) >= 11 is 3.22. The summed E-state index contributed by atoms with van der Waals surface area (Å²) in [7, 11) is -3.94. The molecule has 1 heterocycles. The van der Waals surface area contributed by atoms with Gasteiger partial charge in [-0.1, -0.05) is 30.8 Å². The Bertz CT molecular complexity index is 1230. The Balaban J connectivity index is 0.000000831. The number of halogens is 1. The lowest BCUT2D eigenvalue weighted by atomic mass is 10.2. The molecule has 1 aliphatic heterocycles. The van der Waals surface area contributed by atoms with Crippen molar-refractivity contribution in [2.75, 3.05) is 32.1 Å². The average Bonchev–Trinajstić information content (AvgIpc) is 3.27. The summed E-state index contributed by atoms with van der Waals surface area (Å²) in [5.74, 6) is 0. The zero-order valence-electron chi connectivity index (χ0n) is 20.9. The van der Waals surface area contributed by atoms with E-state index in [0.29, 0.717) is 6.54 Å². The molecule has 1 saturated heterocycles. The average molecular weight is 638 g/mol. The molecule has 2 aromatic rings. The molecule has 0 aromatic heterocycles. The Morgan fingerprint density at radius 1 is 0.895 bits per heavy atom. The fraction of sp³-hybridized carbons (Fsp3) is 0.480. The molecule has 0 saturated carbocycles. The van der Waals surface area contributed by atoms with Gasteiger partial charge in [0, 0.05) is 23.2 Å². The molecule has 38 heavy (non-hydrogen) atoms. The number of nitrogens with one attached hydrogen (secondary N) is 3. The minimum Gasteiger partial charge on any atom is -0.444 e. The Labute approximate surface area is 236 Å². The van der Waals surface area contributed by atoms with Crippen molar-refractivity contribution >= 4 is 47.8 Å². The molecule has 1 atom stereocenters. The van der Waals surface area contributed by atoms with Gasteiger partial charge in [0.2, 0.25) is 20.0 Å². The van der Waals surface area contributed by atoms with Gasteiger partial charge in [0.1, 0.15) is 5.60 Å². The summed E-state index contributed by atoms with van der Waals surface area (Å²) in [6.45, 7) is 6.94. The lowest BCUT2D eigenvalue weighted by Gasteiger charge is -2.22. The van der Waals surface area contributed by atoms with Crippen LogP contribution >= 0.6 is 15.9 Å². The first-order valence-electron chi connectivity index (χ1n) is 11.1. The van der Waals surface area contributed by atoms with Crippen molar-refractivity contribution in [3.63, 3.8) is 0 Å². The van der Waals surface area contributed by atoms with Gasteiger partial charge >= 0.3 is 6.09 Å². The zero-order chi connectivity index (χ0) is 27.1. The number of hydrogen-bond donors (Lipinski definition) is 3. The highest BCUT2D eigenvalue weighted by Gasteiger charge is 2.26. The number of anilines is 1. The standard InChI is InChI=1S/C16H25N3O4S.C7H8BrNO2S.2CH4/c1-16(2,3)23-15(20)18-12-9-10-19(11-12)13-5-7-14(8-6-13)24(21,22)17-4;1-9-12(10,11)7-4-2-6(8)3-5-7;;/h5-8,12,17H,9-11H2,1-4H3,(H,18,20);2-5,9H,1H3;2*1H4/t12-;;;/m0.../s1. The molecule has 10 nitrogen and oxygen atoms in total. The highest BCUT2D eigenvalue weighted by Crippen LogP contribution is 2.22. The summed E-state index contributed by atoms with van der Waals surface area (Å²) in [5.41, 5.74) is 0.412. The van der Waals surface area contributed by atoms with Crippen LogP contribution < -0.4 is 19.7 Å². The number of nitrogens with zero attached hydrogens (tertiary/aromatic N) is 1. The highest BCUT2D eigenvalue weighted by atomic mass is 79.9. The number of amides is 1. The summed E-state index contributed by atoms with van der Waals surface area (Å²) in [6.07, 6.45) is 0.403. The van der Waals surface area contributed by atoms with Crippen LogP contribution in [0.4, 0.5) is 10.5 Å². The number of hydrogen-bond acceptors (Lipinski definition) is 7. The molecule has 2 aromatic carbocycles. The molecule has 0 spiro atoms. The zero-order valence-corrected chi connectivity index (χ0v) is 24.1. The Morgan fingerprint density at radius 2 is 1.34 bits per heavy atom. The molecule has 3 rings (SSSR count). The largest absolute Gasteiger partial charge is 0.444 e. The second-order valence-corrected chi connectivity index (χ2v) is 13.6. The van der Waals surface area contributed by atoms with Crippen LogP contribution in [0, 0.1) is 0 Å². The Hall–Kier alpha value is -2.19. The van der Waals surface area contributed by atoms with E-state index in [0.717, 1.165) is 23.1 Å². The third kappa shape index (κ3) is 10.9. The monoisotopic (exact) mass is 636 g/mol. The van der Waals surface area contributed by atoms with Crippen molar-refractivity contribution in [2.24, 2.45) is 0 Å². The third-order valence-corrected chi connectivity index (χ3v) is 8.47. The number of sulfonamides is 2. The Morgan fingerprint density at radius 3 is 1.76 bits per heavy atom. The quantitative estimate of drug-likeness (QED) is 0.430. The summed E-state index contributed by atoms with van der Waals surface area (Å²) in [6, 6.07) is 13.2. The second kappa shape index (κ2) is 14.8. The van der Waals surface area contributed by atoms with Gasteiger partial charge in [-0.2, -0.15) is 0 Å². The smallest absolute Gasteiger partial charge is 0.407 e. The van der Waals surface area contributed by atoms with E-state index in [2.05, 4.69) is 35.6 Å². The normalized spacial score (nSPS) is 15.3. The van der Waals surface area contributed by atoms with Crippen LogP contribution in [0.15, 0.2) is 62.8 Å². The lowest BCUT2D eigenvalue weighted by molar-refractivity contribution is 0.0509. The maximum Gasteiger partial charge on any atom is 0.407 e. The number of alkyl carbamates (subject to hydrolysis) is 1. The molecule has 1 fully saturated rings. The third-order valence-electron chi connectivity index (χ3n) is 5.08. The number of carbonyl (C=O) groups excluding carboxylic acids is 1. The van der Waals surface area contributed by atoms with Gasteiger partial charge in [0.15, 0.2) is 0 Å². The maximum atomic E-state index is 11.8. The fourth-order valence-corrected chi connectivity index (χ4v) is 5.00. The number of ether oxygens (including phenoxy) is 1. The van der Waals surface area contributed by atoms with E-state index in [-0.39, 0.29) is 30.7 Å². The number of carbonyl (C=O) groups is 1. The van der Waals surface area contributed by atoms with E-state index < -0.39 is 31.7 Å². The number of benzene rings is 2. The predicted octanol–water partition coefficient (Wildman–Crippen LogP) is 4.33. The summed E-state index contributed by atoms with van der Waals surface area (Å²) in [5, 5.41) is 2.87. The van der Waals surface area contributed by atoms with Gasteiger partial charge in [0.05, 0.1) is 15.8 Å². The SMILES string of the molecule is C.C.CNS(=O)(=O)c1ccc(Br)cc1.CNS(=O)(=O)c1ccc(N2CC[C@H](NC(=O)OC(C)(C)C)C2)cc1. The minimum atomic E-state index is -3.42. The van der Waals surface area contributed by atoms with Crippen LogP contribution in [0.3, 0.4) is 0 Å². The first-order chi connectivity index (χ1) is 16.7. The topological polar surface area (TPSA) is 134 Å². The van der Waals surface area contributed by atoms with E-state index >= 15 is 0 Å². The van der Waals surface area contributed by atoms with Crippen LogP contribution in [-0.2, 0) is 24.8 Å². The molecule has 13 heteroatoms. The van der Waals surface area contributed by atoms with Crippen LogP contribution in [0.5, 0.6) is 0 Å². The van der Waals surface area contributed by atoms with E-state index in [1.807, 2.05) is 20.8 Å². The van der Waals surface area contributed by atoms with Crippen LogP contribution in [0.2, 0.25) is 0 Å². The summed E-state index contributed by atoms with van der Waals surface area (Å²) < 4.78 is 56.5. The molecule has 1 aliphatic rings. The van der Waals surface area contributed by atoms with Gasteiger partial charge in [-0.05, 0) is 89.8 Å². The molecule has 0 aliphatic carbocycles. The predicted molar refractivity (Wildman–Crippen MR) is 157 cm³/mol. The first kappa shape index (κ1) is 35.8.